The Hall–Kier alpha value is -2.17. The molecular weight excluding hydrogens is 414 g/mol. The van der Waals surface area contributed by atoms with E-state index in [-0.39, 0.29) is 24.7 Å². The van der Waals surface area contributed by atoms with Crippen molar-refractivity contribution in [3.8, 4) is 0 Å². The number of carboxylic acid groups (broad SMARTS) is 1. The summed E-state index contributed by atoms with van der Waals surface area (Å²) >= 11 is 0. The molecule has 3 amide bonds. The average Bonchev–Trinajstić information content (AvgIpc) is 2.71. The van der Waals surface area contributed by atoms with Crippen molar-refractivity contribution in [3.05, 3.63) is 0 Å². The zero-order valence-corrected chi connectivity index (χ0v) is 18.9. The fraction of sp³-hybridized carbons (Fsp3) is 0.789. The molecular formula is C19H31N3O7S. The Bertz CT molecular complexity index is 850. The van der Waals surface area contributed by atoms with E-state index in [1.165, 1.54) is 13.8 Å². The highest BCUT2D eigenvalue weighted by Crippen LogP contribution is 2.45. The summed E-state index contributed by atoms with van der Waals surface area (Å²) in [6.45, 7) is 9.77. The van der Waals surface area contributed by atoms with Crippen LogP contribution in [0.25, 0.3) is 0 Å². The number of nitrogens with zero attached hydrogens (tertiary/aromatic N) is 1. The molecule has 0 spiro atoms. The molecule has 0 aromatic heterocycles. The van der Waals surface area contributed by atoms with E-state index < -0.39 is 61.8 Å². The van der Waals surface area contributed by atoms with Crippen LogP contribution in [0.3, 0.4) is 0 Å². The lowest BCUT2D eigenvalue weighted by molar-refractivity contribution is -0.150. The van der Waals surface area contributed by atoms with E-state index in [9.17, 15) is 32.7 Å². The maximum absolute atomic E-state index is 13.1. The van der Waals surface area contributed by atoms with Gasteiger partial charge in [-0.1, -0.05) is 27.7 Å². The first kappa shape index (κ1) is 24.1. The molecule has 0 bridgehead atoms. The Morgan fingerprint density at radius 1 is 1.17 bits per heavy atom. The van der Waals surface area contributed by atoms with Crippen LogP contribution in [-0.2, 0) is 29.0 Å². The van der Waals surface area contributed by atoms with Crippen LogP contribution in [0.4, 0.5) is 0 Å². The zero-order chi connectivity index (χ0) is 23.2. The van der Waals surface area contributed by atoms with Crippen molar-refractivity contribution in [1.29, 1.82) is 0 Å². The van der Waals surface area contributed by atoms with Gasteiger partial charge in [0.2, 0.25) is 17.7 Å². The first-order chi connectivity index (χ1) is 13.6. The molecule has 3 N–H and O–H groups in total. The van der Waals surface area contributed by atoms with Crippen LogP contribution in [0.15, 0.2) is 0 Å². The molecule has 11 heteroatoms. The topological polar surface area (TPSA) is 150 Å². The van der Waals surface area contributed by atoms with Crippen LogP contribution in [-0.4, -0.2) is 70.4 Å². The van der Waals surface area contributed by atoms with Gasteiger partial charge < -0.3 is 20.6 Å². The standard InChI is InChI=1S/C19H31N3O7S/c1-9(2)7-11(16(24)21-14(10(3)4)18(26)27)20-17(25)15-19(5,6)30(28,29)13-8-12(23)22(13)15/h9-11,13-15H,7-8H2,1-6H3,(H,20,25)(H,21,24)(H,26,27). The van der Waals surface area contributed by atoms with Crippen molar-refractivity contribution in [2.75, 3.05) is 0 Å². The third-order valence-electron chi connectivity index (χ3n) is 5.79. The summed E-state index contributed by atoms with van der Waals surface area (Å²) < 4.78 is 23.9. The molecule has 170 valence electrons. The Morgan fingerprint density at radius 3 is 2.17 bits per heavy atom. The van der Waals surface area contributed by atoms with Gasteiger partial charge in [-0.25, -0.2) is 13.2 Å². The van der Waals surface area contributed by atoms with E-state index in [0.29, 0.717) is 0 Å². The van der Waals surface area contributed by atoms with Crippen LogP contribution in [0.1, 0.15) is 54.4 Å². The molecule has 2 fully saturated rings. The Morgan fingerprint density at radius 2 is 1.73 bits per heavy atom. The number of amides is 3. The predicted molar refractivity (Wildman–Crippen MR) is 108 cm³/mol. The van der Waals surface area contributed by atoms with E-state index in [2.05, 4.69) is 10.6 Å². The third-order valence-corrected chi connectivity index (χ3v) is 8.59. The highest BCUT2D eigenvalue weighted by molar-refractivity contribution is 7.93. The lowest BCUT2D eigenvalue weighted by Crippen LogP contribution is -2.62. The van der Waals surface area contributed by atoms with E-state index in [1.54, 1.807) is 13.8 Å². The minimum Gasteiger partial charge on any atom is -0.480 e. The van der Waals surface area contributed by atoms with Crippen molar-refractivity contribution >= 4 is 33.5 Å². The Kier molecular flexibility index (Phi) is 6.56. The SMILES string of the molecule is CC(C)CC(NC(=O)C1N2C(=O)CC2S(=O)(=O)C1(C)C)C(=O)NC(C(=O)O)C(C)C. The summed E-state index contributed by atoms with van der Waals surface area (Å²) in [4.78, 5) is 50.4. The molecule has 0 aliphatic carbocycles. The normalized spacial score (nSPS) is 26.0. The van der Waals surface area contributed by atoms with Crippen molar-refractivity contribution in [3.63, 3.8) is 0 Å². The largest absolute Gasteiger partial charge is 0.480 e. The summed E-state index contributed by atoms with van der Waals surface area (Å²) in [7, 11) is -3.75. The third kappa shape index (κ3) is 4.03. The number of carboxylic acids is 1. The van der Waals surface area contributed by atoms with Gasteiger partial charge in [0.15, 0.2) is 9.84 Å². The van der Waals surface area contributed by atoms with Gasteiger partial charge in [-0.3, -0.25) is 14.4 Å². The summed E-state index contributed by atoms with van der Waals surface area (Å²) in [5.74, 6) is -3.41. The number of carbonyl (C=O) groups excluding carboxylic acids is 3. The summed E-state index contributed by atoms with van der Waals surface area (Å²) in [5.41, 5.74) is 0. The molecule has 2 rings (SSSR count). The van der Waals surface area contributed by atoms with Gasteiger partial charge in [0.1, 0.15) is 23.5 Å². The molecule has 2 saturated heterocycles. The van der Waals surface area contributed by atoms with Crippen molar-refractivity contribution in [2.24, 2.45) is 11.8 Å². The van der Waals surface area contributed by atoms with Crippen LogP contribution in [0.2, 0.25) is 0 Å². The van der Waals surface area contributed by atoms with Gasteiger partial charge in [0, 0.05) is 0 Å². The number of hydrogen-bond donors (Lipinski definition) is 3. The second-order valence-corrected chi connectivity index (χ2v) is 12.0. The fourth-order valence-electron chi connectivity index (χ4n) is 3.97. The maximum atomic E-state index is 13.1. The molecule has 0 saturated carbocycles. The minimum absolute atomic E-state index is 0.0120. The summed E-state index contributed by atoms with van der Waals surface area (Å²) in [6.07, 6.45) is 0.0689. The number of carbonyl (C=O) groups is 4. The van der Waals surface area contributed by atoms with E-state index in [4.69, 9.17) is 0 Å². The van der Waals surface area contributed by atoms with Gasteiger partial charge in [0.05, 0.1) is 11.2 Å². The van der Waals surface area contributed by atoms with Gasteiger partial charge in [0.25, 0.3) is 0 Å². The van der Waals surface area contributed by atoms with Gasteiger partial charge in [-0.15, -0.1) is 0 Å². The average molecular weight is 446 g/mol. The van der Waals surface area contributed by atoms with Crippen LogP contribution in [0, 0.1) is 11.8 Å². The lowest BCUT2D eigenvalue weighted by atomic mass is 9.95. The van der Waals surface area contributed by atoms with E-state index in [1.807, 2.05) is 13.8 Å². The highest BCUT2D eigenvalue weighted by Gasteiger charge is 2.67. The molecule has 2 aliphatic rings. The number of β-lactam (4-membered cyclic amide) rings is 1. The molecule has 10 nitrogen and oxygen atoms in total. The second-order valence-electron chi connectivity index (χ2n) is 9.27. The number of rotatable bonds is 8. The Labute approximate surface area is 176 Å². The number of hydrogen-bond acceptors (Lipinski definition) is 6. The summed E-state index contributed by atoms with van der Waals surface area (Å²) in [6, 6.07) is -3.45. The summed E-state index contributed by atoms with van der Waals surface area (Å²) in [5, 5.41) is 13.3. The van der Waals surface area contributed by atoms with Crippen LogP contribution >= 0.6 is 0 Å². The smallest absolute Gasteiger partial charge is 0.326 e. The second kappa shape index (κ2) is 8.16. The highest BCUT2D eigenvalue weighted by atomic mass is 32.2. The maximum Gasteiger partial charge on any atom is 0.326 e. The van der Waals surface area contributed by atoms with E-state index in [0.717, 1.165) is 4.90 Å². The van der Waals surface area contributed by atoms with Gasteiger partial charge >= 0.3 is 5.97 Å². The molecule has 4 atom stereocenters. The molecule has 30 heavy (non-hydrogen) atoms. The number of nitrogens with one attached hydrogen (secondary N) is 2. The lowest BCUT2D eigenvalue weighted by Gasteiger charge is -2.37. The van der Waals surface area contributed by atoms with Crippen molar-refractivity contribution in [1.82, 2.24) is 15.5 Å². The van der Waals surface area contributed by atoms with E-state index >= 15 is 0 Å². The first-order valence-corrected chi connectivity index (χ1v) is 11.6. The van der Waals surface area contributed by atoms with Gasteiger partial charge in [-0.2, -0.15) is 0 Å². The number of fused-ring (bicyclic) bond motifs is 1. The first-order valence-electron chi connectivity index (χ1n) is 10.0. The molecule has 2 aliphatic heterocycles. The molecule has 4 unspecified atom stereocenters. The molecule has 0 aromatic rings. The van der Waals surface area contributed by atoms with Crippen LogP contribution < -0.4 is 10.6 Å². The quantitative estimate of drug-likeness (QED) is 0.441. The minimum atomic E-state index is -3.75. The fourth-order valence-corrected chi connectivity index (χ4v) is 6.11. The number of sulfone groups is 1. The van der Waals surface area contributed by atoms with Gasteiger partial charge in [-0.05, 0) is 32.1 Å². The van der Waals surface area contributed by atoms with Crippen molar-refractivity contribution < 1.29 is 32.7 Å². The monoisotopic (exact) mass is 445 g/mol. The molecule has 0 radical (unpaired) electrons. The Balaban J connectivity index is 2.26. The molecule has 0 aromatic carbocycles. The van der Waals surface area contributed by atoms with Crippen LogP contribution in [0.5, 0.6) is 0 Å². The zero-order valence-electron chi connectivity index (χ0n) is 18.1. The van der Waals surface area contributed by atoms with Crippen molar-refractivity contribution in [2.45, 2.75) is 82.6 Å². The molecule has 2 heterocycles. The predicted octanol–water partition coefficient (Wildman–Crippen LogP) is -0.123. The number of aliphatic carboxylic acids is 1.